The van der Waals surface area contributed by atoms with Crippen LogP contribution in [0.25, 0.3) is 0 Å². The maximum atomic E-state index is 13.2. The molecule has 5 nitrogen and oxygen atoms in total. The number of methoxy groups -OCH3 is 1. The summed E-state index contributed by atoms with van der Waals surface area (Å²) in [5, 5.41) is 4.09. The van der Waals surface area contributed by atoms with Gasteiger partial charge in [-0.3, -0.25) is 4.72 Å². The van der Waals surface area contributed by atoms with Gasteiger partial charge in [0.2, 0.25) is 0 Å². The molecule has 3 aromatic carbocycles. The Labute approximate surface area is 199 Å². The lowest BCUT2D eigenvalue weighted by molar-refractivity contribution is 0.417. The van der Waals surface area contributed by atoms with Crippen LogP contribution in [-0.2, 0) is 10.0 Å². The highest BCUT2D eigenvalue weighted by Crippen LogP contribution is 2.50. The average molecular weight is 481 g/mol. The second-order valence-corrected chi connectivity index (χ2v) is 10.7. The summed E-state index contributed by atoms with van der Waals surface area (Å²) in [6, 6.07) is 18.9. The quantitative estimate of drug-likeness (QED) is 0.421. The van der Waals surface area contributed by atoms with Crippen molar-refractivity contribution >= 4 is 33.0 Å². The maximum Gasteiger partial charge on any atom is 0.262 e. The number of ether oxygens (including phenoxy) is 1. The molecule has 0 fully saturated rings. The van der Waals surface area contributed by atoms with E-state index in [2.05, 4.69) is 53.4 Å². The van der Waals surface area contributed by atoms with Crippen LogP contribution in [0.2, 0.25) is 5.02 Å². The van der Waals surface area contributed by atoms with Gasteiger partial charge in [-0.1, -0.05) is 53.6 Å². The number of anilines is 2. The summed E-state index contributed by atoms with van der Waals surface area (Å²) in [5.74, 6) is 0.892. The first-order valence-corrected chi connectivity index (χ1v) is 12.7. The summed E-state index contributed by atoms with van der Waals surface area (Å²) in [5.41, 5.74) is 4.75. The van der Waals surface area contributed by atoms with Gasteiger partial charge < -0.3 is 10.1 Å². The minimum absolute atomic E-state index is 0.155. The molecule has 3 atom stereocenters. The average Bonchev–Trinajstić information content (AvgIpc) is 3.28. The third-order valence-electron chi connectivity index (χ3n) is 6.45. The van der Waals surface area contributed by atoms with E-state index < -0.39 is 10.0 Å². The molecule has 5 rings (SSSR count). The fourth-order valence-electron chi connectivity index (χ4n) is 4.90. The van der Waals surface area contributed by atoms with Crippen molar-refractivity contribution in [3.05, 3.63) is 94.5 Å². The standard InChI is InChI=1S/C26H25ClN2O3S/c1-16-5-3-6-17(13-16)26-21-8-4-7-20(21)22-15-19(10-11-23(22)28-26)33(30,31)29-24-14-18(27)9-12-25(24)32-2/h3-7,9-15,20-21,26,28-29H,8H2,1-2H3/t20-,21+,26+/m0/s1. The molecule has 0 amide bonds. The highest BCUT2D eigenvalue weighted by Gasteiger charge is 2.38. The molecule has 0 aromatic heterocycles. The molecule has 0 saturated carbocycles. The van der Waals surface area contributed by atoms with Gasteiger partial charge in [-0.15, -0.1) is 0 Å². The number of hydrogen-bond acceptors (Lipinski definition) is 4. The lowest BCUT2D eigenvalue weighted by atomic mass is 9.77. The molecule has 0 bridgehead atoms. The molecular weight excluding hydrogens is 456 g/mol. The van der Waals surface area contributed by atoms with Crippen molar-refractivity contribution in [1.82, 2.24) is 0 Å². The monoisotopic (exact) mass is 480 g/mol. The van der Waals surface area contributed by atoms with Gasteiger partial charge >= 0.3 is 0 Å². The molecule has 0 saturated heterocycles. The van der Waals surface area contributed by atoms with Crippen LogP contribution in [0.4, 0.5) is 11.4 Å². The van der Waals surface area contributed by atoms with E-state index in [9.17, 15) is 8.42 Å². The Kier molecular flexibility index (Phi) is 5.59. The number of allylic oxidation sites excluding steroid dienone is 2. The van der Waals surface area contributed by atoms with Gasteiger partial charge in [0.05, 0.1) is 23.7 Å². The lowest BCUT2D eigenvalue weighted by Gasteiger charge is -2.37. The molecule has 33 heavy (non-hydrogen) atoms. The number of sulfonamides is 1. The SMILES string of the molecule is COc1ccc(Cl)cc1NS(=O)(=O)c1ccc2c(c1)[C@H]1C=CC[C@H]1[C@@H](c1cccc(C)c1)N2. The zero-order chi connectivity index (χ0) is 23.2. The predicted octanol–water partition coefficient (Wildman–Crippen LogP) is 6.28. The Bertz CT molecular complexity index is 1350. The second-order valence-electron chi connectivity index (χ2n) is 8.59. The number of hydrogen-bond donors (Lipinski definition) is 2. The summed E-state index contributed by atoms with van der Waals surface area (Å²) >= 11 is 6.07. The van der Waals surface area contributed by atoms with E-state index in [-0.39, 0.29) is 16.9 Å². The van der Waals surface area contributed by atoms with E-state index in [1.165, 1.54) is 18.2 Å². The maximum absolute atomic E-state index is 13.2. The van der Waals surface area contributed by atoms with Crippen LogP contribution in [-0.4, -0.2) is 15.5 Å². The Morgan fingerprint density at radius 3 is 2.73 bits per heavy atom. The molecule has 1 heterocycles. The first-order valence-electron chi connectivity index (χ1n) is 10.9. The predicted molar refractivity (Wildman–Crippen MR) is 133 cm³/mol. The molecular formula is C26H25ClN2O3S. The molecule has 0 spiro atoms. The molecule has 0 radical (unpaired) electrons. The van der Waals surface area contributed by atoms with Gasteiger partial charge in [0.25, 0.3) is 10.0 Å². The molecule has 7 heteroatoms. The van der Waals surface area contributed by atoms with E-state index in [4.69, 9.17) is 16.3 Å². The van der Waals surface area contributed by atoms with Crippen molar-refractivity contribution in [1.29, 1.82) is 0 Å². The second kappa shape index (κ2) is 8.43. The van der Waals surface area contributed by atoms with E-state index in [1.807, 2.05) is 6.07 Å². The van der Waals surface area contributed by atoms with Crippen LogP contribution in [0, 0.1) is 12.8 Å². The normalized spacial score (nSPS) is 21.1. The van der Waals surface area contributed by atoms with Crippen LogP contribution in [0.3, 0.4) is 0 Å². The molecule has 0 unspecified atom stereocenters. The third-order valence-corrected chi connectivity index (χ3v) is 8.05. The third kappa shape index (κ3) is 4.09. The molecule has 3 aromatic rings. The van der Waals surface area contributed by atoms with Crippen LogP contribution >= 0.6 is 11.6 Å². The minimum atomic E-state index is -3.84. The molecule has 2 aliphatic rings. The lowest BCUT2D eigenvalue weighted by Crippen LogP contribution is -2.29. The van der Waals surface area contributed by atoms with Crippen molar-refractivity contribution in [2.45, 2.75) is 30.2 Å². The summed E-state index contributed by atoms with van der Waals surface area (Å²) in [7, 11) is -2.35. The fraction of sp³-hybridized carbons (Fsp3) is 0.231. The number of benzene rings is 3. The van der Waals surface area contributed by atoms with E-state index in [0.29, 0.717) is 22.4 Å². The number of aryl methyl sites for hydroxylation is 1. The van der Waals surface area contributed by atoms with Crippen molar-refractivity contribution in [2.75, 3.05) is 17.1 Å². The number of fused-ring (bicyclic) bond motifs is 3. The molecule has 1 aliphatic carbocycles. The fourth-order valence-corrected chi connectivity index (χ4v) is 6.17. The van der Waals surface area contributed by atoms with E-state index in [1.54, 1.807) is 30.3 Å². The summed E-state index contributed by atoms with van der Waals surface area (Å²) in [4.78, 5) is 0.207. The topological polar surface area (TPSA) is 67.4 Å². The van der Waals surface area contributed by atoms with E-state index in [0.717, 1.165) is 17.7 Å². The van der Waals surface area contributed by atoms with Gasteiger partial charge in [-0.2, -0.15) is 0 Å². The zero-order valence-electron chi connectivity index (χ0n) is 18.4. The zero-order valence-corrected chi connectivity index (χ0v) is 20.0. The number of nitrogens with one attached hydrogen (secondary N) is 2. The number of rotatable bonds is 5. The van der Waals surface area contributed by atoms with Crippen LogP contribution in [0.5, 0.6) is 5.75 Å². The first-order chi connectivity index (χ1) is 15.9. The van der Waals surface area contributed by atoms with Crippen molar-refractivity contribution in [3.63, 3.8) is 0 Å². The van der Waals surface area contributed by atoms with Crippen LogP contribution in [0.1, 0.15) is 35.1 Å². The Morgan fingerprint density at radius 1 is 1.09 bits per heavy atom. The smallest absolute Gasteiger partial charge is 0.262 e. The van der Waals surface area contributed by atoms with Crippen LogP contribution in [0.15, 0.2) is 77.7 Å². The Morgan fingerprint density at radius 2 is 1.94 bits per heavy atom. The Hall–Kier alpha value is -2.96. The largest absolute Gasteiger partial charge is 0.495 e. The van der Waals surface area contributed by atoms with Crippen molar-refractivity contribution in [3.8, 4) is 5.75 Å². The van der Waals surface area contributed by atoms with Crippen molar-refractivity contribution < 1.29 is 13.2 Å². The van der Waals surface area contributed by atoms with Crippen LogP contribution < -0.4 is 14.8 Å². The van der Waals surface area contributed by atoms with Gasteiger partial charge in [0, 0.05) is 16.6 Å². The van der Waals surface area contributed by atoms with Gasteiger partial charge in [0.15, 0.2) is 0 Å². The number of halogens is 1. The minimum Gasteiger partial charge on any atom is -0.495 e. The van der Waals surface area contributed by atoms with Crippen molar-refractivity contribution in [2.24, 2.45) is 5.92 Å². The van der Waals surface area contributed by atoms with Gasteiger partial charge in [-0.25, -0.2) is 8.42 Å². The summed E-state index contributed by atoms with van der Waals surface area (Å²) < 4.78 is 34.4. The van der Waals surface area contributed by atoms with E-state index >= 15 is 0 Å². The van der Waals surface area contributed by atoms with Gasteiger partial charge in [-0.05, 0) is 66.8 Å². The highest BCUT2D eigenvalue weighted by atomic mass is 35.5. The molecule has 170 valence electrons. The van der Waals surface area contributed by atoms with Gasteiger partial charge in [0.1, 0.15) is 5.75 Å². The molecule has 2 N–H and O–H groups in total. The summed E-state index contributed by atoms with van der Waals surface area (Å²) in [6.07, 6.45) is 5.35. The Balaban J connectivity index is 1.50. The highest BCUT2D eigenvalue weighted by molar-refractivity contribution is 7.92. The first kappa shape index (κ1) is 21.9. The summed E-state index contributed by atoms with van der Waals surface area (Å²) in [6.45, 7) is 2.10. The molecule has 1 aliphatic heterocycles.